The third kappa shape index (κ3) is 4.23. The highest BCUT2D eigenvalue weighted by Gasteiger charge is 2.21. The zero-order chi connectivity index (χ0) is 21.8. The summed E-state index contributed by atoms with van der Waals surface area (Å²) in [5.74, 6) is -0.0922. The van der Waals surface area contributed by atoms with Gasteiger partial charge in [0.15, 0.2) is 0 Å². The van der Waals surface area contributed by atoms with Gasteiger partial charge in [-0.3, -0.25) is 14.5 Å². The Morgan fingerprint density at radius 3 is 2.52 bits per heavy atom. The molecule has 0 aliphatic rings. The normalized spacial score (nSPS) is 10.6. The number of benzene rings is 3. The van der Waals surface area contributed by atoms with Gasteiger partial charge >= 0.3 is 0 Å². The third-order valence-corrected chi connectivity index (χ3v) is 5.91. The maximum absolute atomic E-state index is 13.5. The lowest BCUT2D eigenvalue weighted by molar-refractivity contribution is -0.115. The molecule has 1 aromatic heterocycles. The van der Waals surface area contributed by atoms with Crippen LogP contribution in [0.5, 0.6) is 0 Å². The van der Waals surface area contributed by atoms with E-state index in [0.29, 0.717) is 16.2 Å². The summed E-state index contributed by atoms with van der Waals surface area (Å²) in [6.07, 6.45) is 0. The molecule has 5 nitrogen and oxygen atoms in total. The van der Waals surface area contributed by atoms with Crippen LogP contribution in [-0.4, -0.2) is 16.6 Å². The van der Waals surface area contributed by atoms with Gasteiger partial charge in [-0.25, -0.2) is 0 Å². The number of fused-ring (bicyclic) bond motifs is 1. The maximum atomic E-state index is 13.5. The van der Waals surface area contributed by atoms with Crippen LogP contribution in [0.25, 0.3) is 10.8 Å². The standard InChI is InChI=1S/C25H19N3O2S/c1-17-14-23(29)27-25(21(17)15-26)31-16-24(30)28(19-10-3-2-4-11-19)22-13-7-9-18-8-5-6-12-20(18)22/h2-14H,16H2,1H3,(H,27,29). The van der Waals surface area contributed by atoms with E-state index in [9.17, 15) is 14.9 Å². The van der Waals surface area contributed by atoms with Crippen LogP contribution >= 0.6 is 11.8 Å². The molecule has 1 heterocycles. The van der Waals surface area contributed by atoms with E-state index in [0.717, 1.165) is 33.9 Å². The van der Waals surface area contributed by atoms with Crippen molar-refractivity contribution in [3.8, 4) is 6.07 Å². The van der Waals surface area contributed by atoms with Gasteiger partial charge < -0.3 is 4.98 Å². The number of hydrogen-bond donors (Lipinski definition) is 1. The first-order chi connectivity index (χ1) is 15.1. The van der Waals surface area contributed by atoms with Crippen molar-refractivity contribution in [2.45, 2.75) is 11.9 Å². The third-order valence-electron chi connectivity index (χ3n) is 4.93. The molecule has 0 unspecified atom stereocenters. The van der Waals surface area contributed by atoms with E-state index in [1.165, 1.54) is 6.07 Å². The van der Waals surface area contributed by atoms with Crippen LogP contribution in [0.15, 0.2) is 88.7 Å². The summed E-state index contributed by atoms with van der Waals surface area (Å²) >= 11 is 1.16. The maximum Gasteiger partial charge on any atom is 0.249 e. The number of aryl methyl sites for hydroxylation is 1. The fraction of sp³-hybridized carbons (Fsp3) is 0.0800. The zero-order valence-electron chi connectivity index (χ0n) is 16.8. The molecule has 0 aliphatic carbocycles. The number of amides is 1. The van der Waals surface area contributed by atoms with Crippen LogP contribution in [0.4, 0.5) is 11.4 Å². The number of pyridine rings is 1. The predicted molar refractivity (Wildman–Crippen MR) is 125 cm³/mol. The number of hydrogen-bond acceptors (Lipinski definition) is 4. The van der Waals surface area contributed by atoms with E-state index < -0.39 is 0 Å². The Hall–Kier alpha value is -3.82. The second-order valence-electron chi connectivity index (χ2n) is 6.98. The van der Waals surface area contributed by atoms with Crippen molar-refractivity contribution in [2.75, 3.05) is 10.7 Å². The number of aromatic amines is 1. The van der Waals surface area contributed by atoms with Gasteiger partial charge in [-0.05, 0) is 36.1 Å². The number of anilines is 2. The van der Waals surface area contributed by atoms with Crippen molar-refractivity contribution < 1.29 is 4.79 Å². The zero-order valence-corrected chi connectivity index (χ0v) is 17.6. The van der Waals surface area contributed by atoms with Crippen molar-refractivity contribution in [1.29, 1.82) is 5.26 Å². The Morgan fingerprint density at radius 2 is 1.74 bits per heavy atom. The largest absolute Gasteiger partial charge is 0.316 e. The summed E-state index contributed by atoms with van der Waals surface area (Å²) in [5.41, 5.74) is 2.22. The van der Waals surface area contributed by atoms with Gasteiger partial charge in [0.2, 0.25) is 11.5 Å². The van der Waals surface area contributed by atoms with Crippen molar-refractivity contribution in [1.82, 2.24) is 4.98 Å². The number of carbonyl (C=O) groups excluding carboxylic acids is 1. The molecule has 0 saturated carbocycles. The number of aromatic nitrogens is 1. The van der Waals surface area contributed by atoms with Gasteiger partial charge in [0.25, 0.3) is 0 Å². The van der Waals surface area contributed by atoms with Crippen molar-refractivity contribution >= 4 is 39.8 Å². The quantitative estimate of drug-likeness (QED) is 0.448. The lowest BCUT2D eigenvalue weighted by Gasteiger charge is -2.24. The monoisotopic (exact) mass is 425 g/mol. The molecule has 6 heteroatoms. The fourth-order valence-corrected chi connectivity index (χ4v) is 4.42. The minimum absolute atomic E-state index is 0.0617. The van der Waals surface area contributed by atoms with Gasteiger partial charge in [0.05, 0.1) is 22.0 Å². The molecule has 4 rings (SSSR count). The number of nitriles is 1. The smallest absolute Gasteiger partial charge is 0.249 e. The lowest BCUT2D eigenvalue weighted by atomic mass is 10.1. The Balaban J connectivity index is 1.73. The number of nitrogens with one attached hydrogen (secondary N) is 1. The van der Waals surface area contributed by atoms with Crippen molar-refractivity contribution in [3.05, 3.63) is 100 Å². The van der Waals surface area contributed by atoms with Crippen LogP contribution in [-0.2, 0) is 4.79 Å². The first kappa shape index (κ1) is 20.5. The Morgan fingerprint density at radius 1 is 1.03 bits per heavy atom. The highest BCUT2D eigenvalue weighted by molar-refractivity contribution is 8.00. The van der Waals surface area contributed by atoms with E-state index in [2.05, 4.69) is 11.1 Å². The minimum atomic E-state index is -0.291. The highest BCUT2D eigenvalue weighted by atomic mass is 32.2. The summed E-state index contributed by atoms with van der Waals surface area (Å²) in [6, 6.07) is 26.7. The number of rotatable bonds is 5. The predicted octanol–water partition coefficient (Wildman–Crippen LogP) is 5.17. The molecule has 1 N–H and O–H groups in total. The van der Waals surface area contributed by atoms with Gasteiger partial charge in [0.1, 0.15) is 6.07 Å². The molecule has 1 amide bonds. The molecule has 0 saturated heterocycles. The van der Waals surface area contributed by atoms with Crippen LogP contribution in [0, 0.1) is 18.3 Å². The van der Waals surface area contributed by atoms with Crippen LogP contribution in [0.3, 0.4) is 0 Å². The van der Waals surface area contributed by atoms with Gasteiger partial charge in [-0.15, -0.1) is 0 Å². The number of H-pyrrole nitrogens is 1. The molecule has 0 bridgehead atoms. The van der Waals surface area contributed by atoms with Crippen LogP contribution in [0.2, 0.25) is 0 Å². The second-order valence-corrected chi connectivity index (χ2v) is 7.97. The van der Waals surface area contributed by atoms with E-state index in [1.807, 2.05) is 72.8 Å². The molecule has 3 aromatic carbocycles. The van der Waals surface area contributed by atoms with Crippen LogP contribution < -0.4 is 10.5 Å². The summed E-state index contributed by atoms with van der Waals surface area (Å²) in [4.78, 5) is 29.7. The van der Waals surface area contributed by atoms with Crippen molar-refractivity contribution in [3.63, 3.8) is 0 Å². The molecular weight excluding hydrogens is 406 g/mol. The molecule has 0 spiro atoms. The first-order valence-electron chi connectivity index (χ1n) is 9.71. The number of para-hydroxylation sites is 1. The molecule has 31 heavy (non-hydrogen) atoms. The van der Waals surface area contributed by atoms with Gasteiger partial charge in [0, 0.05) is 17.1 Å². The Labute approximate surface area is 184 Å². The van der Waals surface area contributed by atoms with E-state index in [-0.39, 0.29) is 17.2 Å². The first-order valence-corrected chi connectivity index (χ1v) is 10.7. The molecule has 0 radical (unpaired) electrons. The topological polar surface area (TPSA) is 77.0 Å². The highest BCUT2D eigenvalue weighted by Crippen LogP contribution is 2.33. The molecule has 0 atom stereocenters. The summed E-state index contributed by atoms with van der Waals surface area (Å²) < 4.78 is 0. The van der Waals surface area contributed by atoms with Crippen molar-refractivity contribution in [2.24, 2.45) is 0 Å². The molecular formula is C25H19N3O2S. The van der Waals surface area contributed by atoms with Gasteiger partial charge in [-0.1, -0.05) is 66.4 Å². The van der Waals surface area contributed by atoms with E-state index in [4.69, 9.17) is 0 Å². The average Bonchev–Trinajstić information content (AvgIpc) is 2.78. The number of carbonyl (C=O) groups is 1. The summed E-state index contributed by atoms with van der Waals surface area (Å²) in [6.45, 7) is 1.71. The second kappa shape index (κ2) is 8.90. The minimum Gasteiger partial charge on any atom is -0.316 e. The van der Waals surface area contributed by atoms with E-state index >= 15 is 0 Å². The molecule has 4 aromatic rings. The Kier molecular flexibility index (Phi) is 5.87. The van der Waals surface area contributed by atoms with Crippen LogP contribution in [0.1, 0.15) is 11.1 Å². The number of thioether (sulfide) groups is 1. The molecule has 0 aliphatic heterocycles. The molecule has 152 valence electrons. The Bertz CT molecular complexity index is 1350. The SMILES string of the molecule is Cc1cc(=O)[nH]c(SCC(=O)N(c2ccccc2)c2cccc3ccccc23)c1C#N. The molecule has 0 fully saturated rings. The summed E-state index contributed by atoms with van der Waals surface area (Å²) in [7, 11) is 0. The summed E-state index contributed by atoms with van der Waals surface area (Å²) in [5, 5.41) is 11.9. The lowest BCUT2D eigenvalue weighted by Crippen LogP contribution is -2.28. The fourth-order valence-electron chi connectivity index (χ4n) is 3.50. The average molecular weight is 426 g/mol. The van der Waals surface area contributed by atoms with Gasteiger partial charge in [-0.2, -0.15) is 5.26 Å². The van der Waals surface area contributed by atoms with E-state index in [1.54, 1.807) is 11.8 Å². The number of nitrogens with zero attached hydrogens (tertiary/aromatic N) is 2.